The molecule has 0 spiro atoms. The van der Waals surface area contributed by atoms with Gasteiger partial charge in [0.1, 0.15) is 5.82 Å². The number of benzene rings is 1. The molecule has 0 aliphatic rings. The molecule has 96 valence electrons. The SMILES string of the molecule is CC(C)(C)c1ccc2nc(C(C)(C)C)ncc2c1. The van der Waals surface area contributed by atoms with Crippen LogP contribution in [0.25, 0.3) is 10.9 Å². The van der Waals surface area contributed by atoms with Crippen LogP contribution in [0.5, 0.6) is 0 Å². The van der Waals surface area contributed by atoms with Gasteiger partial charge in [-0.3, -0.25) is 0 Å². The number of hydrogen-bond acceptors (Lipinski definition) is 2. The van der Waals surface area contributed by atoms with Gasteiger partial charge in [-0.05, 0) is 23.1 Å². The molecule has 0 aliphatic carbocycles. The lowest BCUT2D eigenvalue weighted by Gasteiger charge is -2.20. The van der Waals surface area contributed by atoms with E-state index in [4.69, 9.17) is 0 Å². The Kier molecular flexibility index (Phi) is 2.92. The van der Waals surface area contributed by atoms with Gasteiger partial charge in [0.25, 0.3) is 0 Å². The number of rotatable bonds is 0. The van der Waals surface area contributed by atoms with Gasteiger partial charge in [0.05, 0.1) is 5.52 Å². The molecule has 0 fully saturated rings. The minimum atomic E-state index is -0.00309. The van der Waals surface area contributed by atoms with E-state index in [0.717, 1.165) is 16.7 Å². The van der Waals surface area contributed by atoms with Gasteiger partial charge in [-0.2, -0.15) is 0 Å². The summed E-state index contributed by atoms with van der Waals surface area (Å²) in [5.74, 6) is 0.901. The van der Waals surface area contributed by atoms with E-state index in [2.05, 4.69) is 69.7 Å². The Morgan fingerprint density at radius 1 is 0.889 bits per heavy atom. The summed E-state index contributed by atoms with van der Waals surface area (Å²) in [5.41, 5.74) is 2.51. The Morgan fingerprint density at radius 3 is 2.11 bits per heavy atom. The summed E-state index contributed by atoms with van der Waals surface area (Å²) in [4.78, 5) is 9.15. The van der Waals surface area contributed by atoms with E-state index in [9.17, 15) is 0 Å². The van der Waals surface area contributed by atoms with Crippen molar-refractivity contribution >= 4 is 10.9 Å². The molecule has 0 radical (unpaired) electrons. The van der Waals surface area contributed by atoms with Crippen LogP contribution in [0.1, 0.15) is 52.9 Å². The van der Waals surface area contributed by atoms with Crippen LogP contribution in [0.4, 0.5) is 0 Å². The second-order valence-electron chi connectivity index (χ2n) is 6.97. The molecule has 0 saturated heterocycles. The van der Waals surface area contributed by atoms with Crippen molar-refractivity contribution in [3.63, 3.8) is 0 Å². The third-order valence-corrected chi connectivity index (χ3v) is 3.12. The lowest BCUT2D eigenvalue weighted by atomic mass is 9.86. The fourth-order valence-electron chi connectivity index (χ4n) is 1.86. The minimum Gasteiger partial charge on any atom is -0.240 e. The number of nitrogens with zero attached hydrogens (tertiary/aromatic N) is 2. The van der Waals surface area contributed by atoms with E-state index < -0.39 is 0 Å². The summed E-state index contributed by atoms with van der Waals surface area (Å²) in [6.07, 6.45) is 1.94. The second kappa shape index (κ2) is 4.04. The largest absolute Gasteiger partial charge is 0.240 e. The minimum absolute atomic E-state index is 0.00309. The van der Waals surface area contributed by atoms with Gasteiger partial charge in [0.2, 0.25) is 0 Å². The lowest BCUT2D eigenvalue weighted by molar-refractivity contribution is 0.548. The first-order valence-corrected chi connectivity index (χ1v) is 6.46. The maximum absolute atomic E-state index is 4.66. The van der Waals surface area contributed by atoms with Gasteiger partial charge in [-0.25, -0.2) is 9.97 Å². The van der Waals surface area contributed by atoms with Crippen LogP contribution in [0.15, 0.2) is 24.4 Å². The average Bonchev–Trinajstić information content (AvgIpc) is 2.25. The highest BCUT2D eigenvalue weighted by Gasteiger charge is 2.18. The second-order valence-corrected chi connectivity index (χ2v) is 6.97. The Labute approximate surface area is 109 Å². The summed E-state index contributed by atoms with van der Waals surface area (Å²) in [6, 6.07) is 6.47. The van der Waals surface area contributed by atoms with E-state index in [1.807, 2.05) is 6.20 Å². The third kappa shape index (κ3) is 2.53. The van der Waals surface area contributed by atoms with Gasteiger partial charge >= 0.3 is 0 Å². The highest BCUT2D eigenvalue weighted by molar-refractivity contribution is 5.78. The quantitative estimate of drug-likeness (QED) is 0.691. The number of fused-ring (bicyclic) bond motifs is 1. The molecule has 0 aliphatic heterocycles. The highest BCUT2D eigenvalue weighted by Crippen LogP contribution is 2.26. The average molecular weight is 242 g/mol. The van der Waals surface area contributed by atoms with Crippen molar-refractivity contribution in [2.75, 3.05) is 0 Å². The summed E-state index contributed by atoms with van der Waals surface area (Å²) < 4.78 is 0. The van der Waals surface area contributed by atoms with Crippen molar-refractivity contribution in [1.82, 2.24) is 9.97 Å². The first kappa shape index (κ1) is 13.0. The van der Waals surface area contributed by atoms with Crippen molar-refractivity contribution in [1.29, 1.82) is 0 Å². The summed E-state index contributed by atoms with van der Waals surface area (Å²) in [5, 5.41) is 1.12. The molecular formula is C16H22N2. The van der Waals surface area contributed by atoms with Crippen molar-refractivity contribution in [3.05, 3.63) is 35.8 Å². The van der Waals surface area contributed by atoms with E-state index in [1.165, 1.54) is 5.56 Å². The maximum Gasteiger partial charge on any atom is 0.134 e. The molecule has 2 nitrogen and oxygen atoms in total. The highest BCUT2D eigenvalue weighted by atomic mass is 14.9. The van der Waals surface area contributed by atoms with Crippen molar-refractivity contribution in [2.45, 2.75) is 52.4 Å². The topological polar surface area (TPSA) is 25.8 Å². The molecule has 2 heteroatoms. The molecule has 1 heterocycles. The van der Waals surface area contributed by atoms with E-state index in [0.29, 0.717) is 0 Å². The van der Waals surface area contributed by atoms with Crippen LogP contribution in [0.3, 0.4) is 0 Å². The zero-order valence-electron chi connectivity index (χ0n) is 12.2. The Balaban J connectivity index is 2.56. The van der Waals surface area contributed by atoms with Gasteiger partial charge in [-0.15, -0.1) is 0 Å². The van der Waals surface area contributed by atoms with Crippen LogP contribution in [-0.2, 0) is 10.8 Å². The predicted molar refractivity (Wildman–Crippen MR) is 76.9 cm³/mol. The smallest absolute Gasteiger partial charge is 0.134 e. The van der Waals surface area contributed by atoms with Crippen LogP contribution >= 0.6 is 0 Å². The van der Waals surface area contributed by atoms with E-state index in [-0.39, 0.29) is 10.8 Å². The van der Waals surface area contributed by atoms with Crippen molar-refractivity contribution in [2.24, 2.45) is 0 Å². The first-order chi connectivity index (χ1) is 8.18. The fourth-order valence-corrected chi connectivity index (χ4v) is 1.86. The standard InChI is InChI=1S/C16H22N2/c1-15(2,3)12-7-8-13-11(9-12)10-17-14(18-13)16(4,5)6/h7-10H,1-6H3. The van der Waals surface area contributed by atoms with Gasteiger partial charge in [0.15, 0.2) is 0 Å². The monoisotopic (exact) mass is 242 g/mol. The fraction of sp³-hybridized carbons (Fsp3) is 0.500. The zero-order chi connectivity index (χ0) is 13.6. The summed E-state index contributed by atoms with van der Waals surface area (Å²) in [7, 11) is 0. The molecule has 0 bridgehead atoms. The van der Waals surface area contributed by atoms with Crippen molar-refractivity contribution in [3.8, 4) is 0 Å². The maximum atomic E-state index is 4.66. The molecule has 0 atom stereocenters. The predicted octanol–water partition coefficient (Wildman–Crippen LogP) is 4.22. The molecule has 0 unspecified atom stereocenters. The van der Waals surface area contributed by atoms with Crippen LogP contribution in [0, 0.1) is 0 Å². The normalized spacial score (nSPS) is 13.0. The lowest BCUT2D eigenvalue weighted by Crippen LogP contribution is -2.16. The molecule has 2 rings (SSSR count). The molecule has 18 heavy (non-hydrogen) atoms. The zero-order valence-corrected chi connectivity index (χ0v) is 12.2. The molecule has 1 aromatic carbocycles. The van der Waals surface area contributed by atoms with Gasteiger partial charge in [-0.1, -0.05) is 47.6 Å². The van der Waals surface area contributed by atoms with Crippen LogP contribution < -0.4 is 0 Å². The molecule has 0 saturated carbocycles. The number of hydrogen-bond donors (Lipinski definition) is 0. The summed E-state index contributed by atoms with van der Waals surface area (Å²) >= 11 is 0. The van der Waals surface area contributed by atoms with Gasteiger partial charge < -0.3 is 0 Å². The van der Waals surface area contributed by atoms with Crippen LogP contribution in [0.2, 0.25) is 0 Å². The van der Waals surface area contributed by atoms with Crippen molar-refractivity contribution < 1.29 is 0 Å². The van der Waals surface area contributed by atoms with Crippen LogP contribution in [-0.4, -0.2) is 9.97 Å². The number of aromatic nitrogens is 2. The Bertz CT molecular complexity index is 518. The van der Waals surface area contributed by atoms with Gasteiger partial charge in [0, 0.05) is 17.0 Å². The molecular weight excluding hydrogens is 220 g/mol. The third-order valence-electron chi connectivity index (χ3n) is 3.12. The molecule has 0 N–H and O–H groups in total. The Hall–Kier alpha value is -1.44. The van der Waals surface area contributed by atoms with E-state index in [1.54, 1.807) is 0 Å². The Morgan fingerprint density at radius 2 is 1.56 bits per heavy atom. The molecule has 1 aromatic heterocycles. The summed E-state index contributed by atoms with van der Waals surface area (Å²) in [6.45, 7) is 13.1. The first-order valence-electron chi connectivity index (χ1n) is 6.46. The van der Waals surface area contributed by atoms with E-state index >= 15 is 0 Å². The molecule has 0 amide bonds. The molecule has 2 aromatic rings.